The number of hydrogen-bond donors (Lipinski definition) is 1. The first-order valence-corrected chi connectivity index (χ1v) is 8.70. The first kappa shape index (κ1) is 14.3. The van der Waals surface area contributed by atoms with Crippen molar-refractivity contribution >= 4 is 9.84 Å². The Labute approximate surface area is 125 Å². The Morgan fingerprint density at radius 3 is 2.57 bits per heavy atom. The molecular weight excluding hydrogens is 284 g/mol. The molecule has 1 aliphatic rings. The van der Waals surface area contributed by atoms with Gasteiger partial charge in [-0.2, -0.15) is 0 Å². The van der Waals surface area contributed by atoms with Crippen LogP contribution in [0.25, 0.3) is 0 Å². The number of aryl methyl sites for hydroxylation is 1. The van der Waals surface area contributed by atoms with Gasteiger partial charge in [-0.3, -0.25) is 0 Å². The molecule has 1 N–H and O–H groups in total. The molecule has 0 aromatic heterocycles. The standard InChI is InChI=1S/C17H18O3S/c1-12-7-8-16-15(11-12)14(9-10-21(16,19)20)17(18)13-5-3-2-4-6-13/h2-8,11,14,17-18H,9-10H2,1H3. The third-order valence-electron chi connectivity index (χ3n) is 4.12. The number of hydrogen-bond acceptors (Lipinski definition) is 3. The minimum Gasteiger partial charge on any atom is -0.388 e. The second-order valence-corrected chi connectivity index (χ2v) is 7.69. The summed E-state index contributed by atoms with van der Waals surface area (Å²) in [6, 6.07) is 14.8. The van der Waals surface area contributed by atoms with Crippen molar-refractivity contribution in [2.45, 2.75) is 30.3 Å². The van der Waals surface area contributed by atoms with Gasteiger partial charge >= 0.3 is 0 Å². The normalized spacial score (nSPS) is 21.5. The maximum absolute atomic E-state index is 12.2. The average molecular weight is 302 g/mol. The topological polar surface area (TPSA) is 54.4 Å². The lowest BCUT2D eigenvalue weighted by atomic mass is 9.86. The highest BCUT2D eigenvalue weighted by Gasteiger charge is 2.34. The molecule has 0 spiro atoms. The number of aliphatic hydroxyl groups is 1. The van der Waals surface area contributed by atoms with E-state index < -0.39 is 15.9 Å². The molecule has 2 unspecified atom stereocenters. The van der Waals surface area contributed by atoms with Gasteiger partial charge in [0.2, 0.25) is 0 Å². The fraction of sp³-hybridized carbons (Fsp3) is 0.294. The Morgan fingerprint density at radius 1 is 1.14 bits per heavy atom. The minimum absolute atomic E-state index is 0.0949. The third-order valence-corrected chi connectivity index (χ3v) is 5.93. The maximum atomic E-state index is 12.2. The second kappa shape index (κ2) is 5.28. The van der Waals surface area contributed by atoms with Crippen molar-refractivity contribution < 1.29 is 13.5 Å². The molecule has 3 rings (SSSR count). The Bertz CT molecular complexity index is 751. The molecule has 110 valence electrons. The highest BCUT2D eigenvalue weighted by molar-refractivity contribution is 7.91. The summed E-state index contributed by atoms with van der Waals surface area (Å²) in [5.41, 5.74) is 2.59. The summed E-state index contributed by atoms with van der Waals surface area (Å²) in [6.07, 6.45) is -0.225. The third kappa shape index (κ3) is 2.61. The lowest BCUT2D eigenvalue weighted by Gasteiger charge is -2.29. The average Bonchev–Trinajstić information content (AvgIpc) is 2.47. The monoisotopic (exact) mass is 302 g/mol. The zero-order valence-corrected chi connectivity index (χ0v) is 12.7. The molecule has 0 fully saturated rings. The SMILES string of the molecule is Cc1ccc2c(c1)C(C(O)c1ccccc1)CCS2(=O)=O. The van der Waals surface area contributed by atoms with Crippen LogP contribution in [0.2, 0.25) is 0 Å². The number of fused-ring (bicyclic) bond motifs is 1. The van der Waals surface area contributed by atoms with E-state index in [4.69, 9.17) is 0 Å². The van der Waals surface area contributed by atoms with Crippen molar-refractivity contribution in [2.24, 2.45) is 0 Å². The fourth-order valence-corrected chi connectivity index (χ4v) is 4.63. The van der Waals surface area contributed by atoms with Crippen LogP contribution in [0.4, 0.5) is 0 Å². The Hall–Kier alpha value is -1.65. The smallest absolute Gasteiger partial charge is 0.178 e. The van der Waals surface area contributed by atoms with Gasteiger partial charge in [-0.25, -0.2) is 8.42 Å². The molecule has 0 amide bonds. The molecule has 0 saturated heterocycles. The molecule has 1 heterocycles. The zero-order chi connectivity index (χ0) is 15.0. The van der Waals surface area contributed by atoms with E-state index >= 15 is 0 Å². The van der Waals surface area contributed by atoms with Crippen LogP contribution >= 0.6 is 0 Å². The Morgan fingerprint density at radius 2 is 1.86 bits per heavy atom. The maximum Gasteiger partial charge on any atom is 0.178 e. The van der Waals surface area contributed by atoms with Crippen LogP contribution in [-0.4, -0.2) is 19.3 Å². The molecule has 21 heavy (non-hydrogen) atoms. The Kier molecular flexibility index (Phi) is 3.59. The molecule has 0 bridgehead atoms. The summed E-state index contributed by atoms with van der Waals surface area (Å²) in [7, 11) is -3.22. The second-order valence-electron chi connectivity index (χ2n) is 5.61. The quantitative estimate of drug-likeness (QED) is 0.928. The first-order valence-electron chi connectivity index (χ1n) is 7.05. The van der Waals surface area contributed by atoms with E-state index in [9.17, 15) is 13.5 Å². The summed E-state index contributed by atoms with van der Waals surface area (Å²) in [6.45, 7) is 1.94. The van der Waals surface area contributed by atoms with E-state index in [1.54, 1.807) is 6.07 Å². The summed E-state index contributed by atoms with van der Waals surface area (Å²) in [5.74, 6) is -0.0803. The summed E-state index contributed by atoms with van der Waals surface area (Å²) < 4.78 is 24.4. The van der Waals surface area contributed by atoms with Gasteiger partial charge in [-0.1, -0.05) is 48.0 Å². The van der Waals surface area contributed by atoms with E-state index in [1.807, 2.05) is 49.4 Å². The van der Waals surface area contributed by atoms with Crippen LogP contribution in [-0.2, 0) is 9.84 Å². The molecule has 2 atom stereocenters. The van der Waals surface area contributed by atoms with Crippen molar-refractivity contribution in [1.29, 1.82) is 0 Å². The van der Waals surface area contributed by atoms with Crippen molar-refractivity contribution in [3.63, 3.8) is 0 Å². The van der Waals surface area contributed by atoms with Crippen LogP contribution in [0, 0.1) is 6.92 Å². The molecule has 2 aromatic rings. The summed E-state index contributed by atoms with van der Waals surface area (Å²) in [5, 5.41) is 10.7. The molecule has 0 saturated carbocycles. The van der Waals surface area contributed by atoms with Crippen molar-refractivity contribution in [2.75, 3.05) is 5.75 Å². The van der Waals surface area contributed by atoms with Gasteiger partial charge in [0.1, 0.15) is 0 Å². The molecule has 4 heteroatoms. The van der Waals surface area contributed by atoms with E-state index in [0.29, 0.717) is 11.3 Å². The van der Waals surface area contributed by atoms with E-state index in [0.717, 1.165) is 16.7 Å². The summed E-state index contributed by atoms with van der Waals surface area (Å²) in [4.78, 5) is 0.374. The van der Waals surface area contributed by atoms with Gasteiger partial charge in [-0.15, -0.1) is 0 Å². The van der Waals surface area contributed by atoms with Crippen LogP contribution in [0.5, 0.6) is 0 Å². The number of sulfone groups is 1. The molecule has 2 aromatic carbocycles. The lowest BCUT2D eigenvalue weighted by molar-refractivity contribution is 0.140. The van der Waals surface area contributed by atoms with Crippen LogP contribution in [0.15, 0.2) is 53.4 Å². The number of rotatable bonds is 2. The molecule has 1 aliphatic heterocycles. The van der Waals surface area contributed by atoms with Crippen molar-refractivity contribution in [3.05, 3.63) is 65.2 Å². The molecule has 0 aliphatic carbocycles. The zero-order valence-electron chi connectivity index (χ0n) is 11.9. The first-order chi connectivity index (χ1) is 9.99. The van der Waals surface area contributed by atoms with Crippen LogP contribution in [0.3, 0.4) is 0 Å². The van der Waals surface area contributed by atoms with Crippen molar-refractivity contribution in [3.8, 4) is 0 Å². The van der Waals surface area contributed by atoms with Crippen LogP contribution < -0.4 is 0 Å². The van der Waals surface area contributed by atoms with E-state index in [-0.39, 0.29) is 11.7 Å². The predicted octanol–water partition coefficient (Wildman–Crippen LogP) is 2.99. The van der Waals surface area contributed by atoms with Gasteiger partial charge in [0.05, 0.1) is 16.8 Å². The highest BCUT2D eigenvalue weighted by Crippen LogP contribution is 2.41. The van der Waals surface area contributed by atoms with Crippen molar-refractivity contribution in [1.82, 2.24) is 0 Å². The largest absolute Gasteiger partial charge is 0.388 e. The number of aliphatic hydroxyl groups excluding tert-OH is 1. The van der Waals surface area contributed by atoms with Gasteiger partial charge < -0.3 is 5.11 Å². The van der Waals surface area contributed by atoms with Gasteiger partial charge in [0.15, 0.2) is 9.84 Å². The van der Waals surface area contributed by atoms with Gasteiger partial charge in [0.25, 0.3) is 0 Å². The van der Waals surface area contributed by atoms with Gasteiger partial charge in [0, 0.05) is 5.92 Å². The lowest BCUT2D eigenvalue weighted by Crippen LogP contribution is -2.24. The van der Waals surface area contributed by atoms with Crippen LogP contribution in [0.1, 0.15) is 35.1 Å². The number of benzene rings is 2. The molecule has 0 radical (unpaired) electrons. The van der Waals surface area contributed by atoms with E-state index in [2.05, 4.69) is 0 Å². The highest BCUT2D eigenvalue weighted by atomic mass is 32.2. The van der Waals surface area contributed by atoms with Gasteiger partial charge in [-0.05, 0) is 30.5 Å². The molecule has 3 nitrogen and oxygen atoms in total. The Balaban J connectivity index is 2.08. The summed E-state index contributed by atoms with van der Waals surface area (Å²) >= 11 is 0. The minimum atomic E-state index is -3.22. The van der Waals surface area contributed by atoms with E-state index in [1.165, 1.54) is 0 Å². The molecular formula is C17H18O3S. The predicted molar refractivity (Wildman–Crippen MR) is 82.0 cm³/mol. The fourth-order valence-electron chi connectivity index (χ4n) is 3.00.